The van der Waals surface area contributed by atoms with E-state index in [9.17, 15) is 23.1 Å². The molecule has 8 heteroatoms. The number of pyridine rings is 1. The number of fused-ring (bicyclic) bond motifs is 1. The molecule has 0 spiro atoms. The fraction of sp³-hybridized carbons (Fsp3) is 0.167. The zero-order chi connectivity index (χ0) is 15.1. The first kappa shape index (κ1) is 13.9. The highest BCUT2D eigenvalue weighted by Crippen LogP contribution is 2.32. The normalized spacial score (nSPS) is 11.6. The first-order valence-corrected chi connectivity index (χ1v) is 5.31. The van der Waals surface area contributed by atoms with Gasteiger partial charge in [0, 0.05) is 5.39 Å². The predicted molar refractivity (Wildman–Crippen MR) is 61.8 cm³/mol. The van der Waals surface area contributed by atoms with Crippen molar-refractivity contribution in [3.8, 4) is 11.5 Å². The van der Waals surface area contributed by atoms with Crippen LogP contribution < -0.4 is 4.74 Å². The summed E-state index contributed by atoms with van der Waals surface area (Å²) in [7, 11) is 0. The highest BCUT2D eigenvalue weighted by atomic mass is 19.4. The maximum absolute atomic E-state index is 12.1. The number of aryl methyl sites for hydroxylation is 1. The van der Waals surface area contributed by atoms with Gasteiger partial charge in [-0.3, -0.25) is 0 Å². The Bertz CT molecular complexity index is 697. The zero-order valence-corrected chi connectivity index (χ0v) is 10.0. The number of halogens is 3. The number of ether oxygens (including phenoxy) is 1. The van der Waals surface area contributed by atoms with Gasteiger partial charge >= 0.3 is 12.3 Å². The first-order chi connectivity index (χ1) is 9.19. The number of hydrogen-bond donors (Lipinski definition) is 2. The molecule has 0 atom stereocenters. The summed E-state index contributed by atoms with van der Waals surface area (Å²) in [5, 5.41) is 18.6. The Labute approximate surface area is 110 Å². The summed E-state index contributed by atoms with van der Waals surface area (Å²) in [5.41, 5.74) is -0.299. The third-order valence-corrected chi connectivity index (χ3v) is 2.55. The third kappa shape index (κ3) is 2.58. The van der Waals surface area contributed by atoms with Gasteiger partial charge in [0.05, 0.1) is 11.2 Å². The number of aromatic nitrogens is 1. The Kier molecular flexibility index (Phi) is 3.16. The molecule has 5 nitrogen and oxygen atoms in total. The van der Waals surface area contributed by atoms with Crippen LogP contribution in [0, 0.1) is 6.92 Å². The van der Waals surface area contributed by atoms with Gasteiger partial charge in [-0.25, -0.2) is 9.78 Å². The first-order valence-electron chi connectivity index (χ1n) is 5.31. The van der Waals surface area contributed by atoms with Crippen molar-refractivity contribution in [3.05, 3.63) is 29.5 Å². The summed E-state index contributed by atoms with van der Waals surface area (Å²) in [5.74, 6) is -2.64. The number of nitrogens with zero attached hydrogens (tertiary/aromatic N) is 1. The zero-order valence-electron chi connectivity index (χ0n) is 10.0. The number of hydrogen-bond acceptors (Lipinski definition) is 4. The highest BCUT2D eigenvalue weighted by Gasteiger charge is 2.31. The Hall–Kier alpha value is -2.51. The second-order valence-electron chi connectivity index (χ2n) is 3.95. The fourth-order valence-corrected chi connectivity index (χ4v) is 1.77. The molecule has 1 heterocycles. The topological polar surface area (TPSA) is 79.7 Å². The van der Waals surface area contributed by atoms with Crippen LogP contribution in [-0.2, 0) is 0 Å². The molecule has 20 heavy (non-hydrogen) atoms. The number of aromatic hydroxyl groups is 1. The molecule has 2 rings (SSSR count). The predicted octanol–water partition coefficient (Wildman–Crippen LogP) is 2.85. The van der Waals surface area contributed by atoms with E-state index in [4.69, 9.17) is 5.11 Å². The lowest BCUT2D eigenvalue weighted by Gasteiger charge is -2.11. The van der Waals surface area contributed by atoms with Crippen LogP contribution in [0.1, 0.15) is 16.1 Å². The molecule has 0 saturated heterocycles. The van der Waals surface area contributed by atoms with E-state index in [0.717, 1.165) is 12.1 Å². The average molecular weight is 287 g/mol. The van der Waals surface area contributed by atoms with E-state index >= 15 is 0 Å². The van der Waals surface area contributed by atoms with E-state index < -0.39 is 29.4 Å². The van der Waals surface area contributed by atoms with Gasteiger partial charge in [-0.15, -0.1) is 13.2 Å². The maximum atomic E-state index is 12.1. The van der Waals surface area contributed by atoms with E-state index in [-0.39, 0.29) is 16.6 Å². The second kappa shape index (κ2) is 4.55. The van der Waals surface area contributed by atoms with Gasteiger partial charge < -0.3 is 14.9 Å². The van der Waals surface area contributed by atoms with Crippen molar-refractivity contribution in [1.82, 2.24) is 4.98 Å². The van der Waals surface area contributed by atoms with Crippen LogP contribution in [-0.4, -0.2) is 27.5 Å². The van der Waals surface area contributed by atoms with Crippen molar-refractivity contribution < 1.29 is 32.9 Å². The van der Waals surface area contributed by atoms with E-state index in [0.29, 0.717) is 0 Å². The maximum Gasteiger partial charge on any atom is 0.573 e. The minimum absolute atomic E-state index is 0.0689. The quantitative estimate of drug-likeness (QED) is 0.887. The van der Waals surface area contributed by atoms with Gasteiger partial charge in [0.25, 0.3) is 0 Å². The summed E-state index contributed by atoms with van der Waals surface area (Å²) in [6.07, 6.45) is -4.89. The van der Waals surface area contributed by atoms with Gasteiger partial charge in [0.2, 0.25) is 0 Å². The van der Waals surface area contributed by atoms with Crippen LogP contribution in [0.15, 0.2) is 18.2 Å². The van der Waals surface area contributed by atoms with Gasteiger partial charge in [0.15, 0.2) is 5.75 Å². The van der Waals surface area contributed by atoms with Crippen LogP contribution in [0.25, 0.3) is 10.9 Å². The van der Waals surface area contributed by atoms with E-state index in [1.54, 1.807) is 0 Å². The summed E-state index contributed by atoms with van der Waals surface area (Å²) < 4.78 is 40.1. The van der Waals surface area contributed by atoms with Crippen molar-refractivity contribution in [1.29, 1.82) is 0 Å². The molecule has 2 N–H and O–H groups in total. The monoisotopic (exact) mass is 287 g/mol. The molecule has 0 aliphatic rings. The molecule has 0 radical (unpaired) electrons. The molecule has 0 saturated carbocycles. The highest BCUT2D eigenvalue weighted by molar-refractivity contribution is 6.05. The molecule has 1 aromatic carbocycles. The molecule has 0 fully saturated rings. The van der Waals surface area contributed by atoms with Crippen molar-refractivity contribution in [2.45, 2.75) is 13.3 Å². The molecule has 106 valence electrons. The standard InChI is InChI=1S/C12H8F3NO4/c1-5-10(17)9(11(18)19)7-4-6(20-12(13,14)15)2-3-8(7)16-5/h2-4,17H,1H3,(H,18,19). The summed E-state index contributed by atoms with van der Waals surface area (Å²) in [6.45, 7) is 1.39. The van der Waals surface area contributed by atoms with Gasteiger partial charge in [0.1, 0.15) is 11.3 Å². The molecular formula is C12H8F3NO4. The van der Waals surface area contributed by atoms with Crippen LogP contribution in [0.3, 0.4) is 0 Å². The van der Waals surface area contributed by atoms with Gasteiger partial charge in [-0.05, 0) is 25.1 Å². The van der Waals surface area contributed by atoms with Crippen LogP contribution in [0.5, 0.6) is 11.5 Å². The number of aromatic carboxylic acids is 1. The SMILES string of the molecule is Cc1nc2ccc(OC(F)(F)F)cc2c(C(=O)O)c1O. The lowest BCUT2D eigenvalue weighted by Crippen LogP contribution is -2.17. The van der Waals surface area contributed by atoms with Gasteiger partial charge in [-0.1, -0.05) is 0 Å². The molecule has 0 amide bonds. The third-order valence-electron chi connectivity index (χ3n) is 2.55. The van der Waals surface area contributed by atoms with Crippen LogP contribution >= 0.6 is 0 Å². The lowest BCUT2D eigenvalue weighted by atomic mass is 10.1. The summed E-state index contributed by atoms with van der Waals surface area (Å²) >= 11 is 0. The number of carboxylic acids is 1. The Morgan fingerprint density at radius 3 is 2.55 bits per heavy atom. The Balaban J connectivity index is 2.69. The number of benzene rings is 1. The van der Waals surface area contributed by atoms with E-state index in [1.165, 1.54) is 13.0 Å². The summed E-state index contributed by atoms with van der Waals surface area (Å²) in [6, 6.07) is 3.08. The smallest absolute Gasteiger partial charge is 0.505 e. The van der Waals surface area contributed by atoms with E-state index in [1.807, 2.05) is 0 Å². The number of alkyl halides is 3. The van der Waals surface area contributed by atoms with Crippen LogP contribution in [0.4, 0.5) is 13.2 Å². The van der Waals surface area contributed by atoms with E-state index in [2.05, 4.69) is 9.72 Å². The lowest BCUT2D eigenvalue weighted by molar-refractivity contribution is -0.274. The molecular weight excluding hydrogens is 279 g/mol. The number of carbonyl (C=O) groups is 1. The molecule has 0 unspecified atom stereocenters. The van der Waals surface area contributed by atoms with Crippen molar-refractivity contribution >= 4 is 16.9 Å². The van der Waals surface area contributed by atoms with Crippen molar-refractivity contribution in [2.75, 3.05) is 0 Å². The van der Waals surface area contributed by atoms with Crippen LogP contribution in [0.2, 0.25) is 0 Å². The number of carboxylic acid groups (broad SMARTS) is 1. The Morgan fingerprint density at radius 2 is 2.00 bits per heavy atom. The van der Waals surface area contributed by atoms with Crippen molar-refractivity contribution in [2.24, 2.45) is 0 Å². The Morgan fingerprint density at radius 1 is 1.35 bits per heavy atom. The molecule has 0 aliphatic heterocycles. The van der Waals surface area contributed by atoms with Gasteiger partial charge in [-0.2, -0.15) is 0 Å². The molecule has 2 aromatic rings. The molecule has 0 bridgehead atoms. The minimum Gasteiger partial charge on any atom is -0.505 e. The second-order valence-corrected chi connectivity index (χ2v) is 3.95. The molecule has 0 aliphatic carbocycles. The average Bonchev–Trinajstić information content (AvgIpc) is 2.28. The minimum atomic E-state index is -4.89. The largest absolute Gasteiger partial charge is 0.573 e. The molecule has 1 aromatic heterocycles. The number of rotatable bonds is 2. The summed E-state index contributed by atoms with van der Waals surface area (Å²) in [4.78, 5) is 15.0. The van der Waals surface area contributed by atoms with Crippen molar-refractivity contribution in [3.63, 3.8) is 0 Å². The fourth-order valence-electron chi connectivity index (χ4n) is 1.77.